The van der Waals surface area contributed by atoms with E-state index in [1.807, 2.05) is 7.11 Å². The Hall–Kier alpha value is -0.860. The highest BCUT2D eigenvalue weighted by atomic mass is 16.5. The largest absolute Gasteiger partial charge is 0.377 e. The summed E-state index contributed by atoms with van der Waals surface area (Å²) in [6.45, 7) is 7.52. The van der Waals surface area contributed by atoms with E-state index in [0.717, 1.165) is 6.54 Å². The fourth-order valence-corrected chi connectivity index (χ4v) is 2.78. The molecule has 0 saturated heterocycles. The lowest BCUT2D eigenvalue weighted by atomic mass is 9.79. The van der Waals surface area contributed by atoms with Gasteiger partial charge >= 0.3 is 0 Å². The lowest BCUT2D eigenvalue weighted by molar-refractivity contribution is -0.0706. The van der Waals surface area contributed by atoms with E-state index >= 15 is 0 Å². The zero-order chi connectivity index (χ0) is 13.2. The molecule has 1 saturated carbocycles. The molecule has 1 unspecified atom stereocenters. The highest BCUT2D eigenvalue weighted by molar-refractivity contribution is 5.32. The number of aryl methyl sites for hydroxylation is 2. The number of ether oxygens (including phenoxy) is 1. The van der Waals surface area contributed by atoms with Crippen LogP contribution in [0.25, 0.3) is 0 Å². The molecule has 18 heavy (non-hydrogen) atoms. The van der Waals surface area contributed by atoms with Crippen LogP contribution >= 0.6 is 0 Å². The SMILES string of the molecule is COC1(CNC(C)c2ccc(C)cc2C)CCC1. The third-order valence-electron chi connectivity index (χ3n) is 4.32. The van der Waals surface area contributed by atoms with Crippen LogP contribution in [-0.2, 0) is 4.74 Å². The Morgan fingerprint density at radius 2 is 2.06 bits per heavy atom. The van der Waals surface area contributed by atoms with Gasteiger partial charge in [0.2, 0.25) is 0 Å². The van der Waals surface area contributed by atoms with E-state index in [4.69, 9.17) is 4.74 Å². The van der Waals surface area contributed by atoms with Gasteiger partial charge in [-0.1, -0.05) is 23.8 Å². The molecule has 0 amide bonds. The molecule has 1 fully saturated rings. The van der Waals surface area contributed by atoms with Gasteiger partial charge in [0, 0.05) is 19.7 Å². The first-order chi connectivity index (χ1) is 8.56. The molecule has 0 spiro atoms. The minimum Gasteiger partial charge on any atom is -0.377 e. The van der Waals surface area contributed by atoms with Crippen molar-refractivity contribution in [2.45, 2.75) is 51.7 Å². The van der Waals surface area contributed by atoms with E-state index in [1.165, 1.54) is 36.0 Å². The van der Waals surface area contributed by atoms with Crippen LogP contribution in [0.4, 0.5) is 0 Å². The highest BCUT2D eigenvalue weighted by Gasteiger charge is 2.36. The van der Waals surface area contributed by atoms with E-state index in [-0.39, 0.29) is 5.60 Å². The van der Waals surface area contributed by atoms with Crippen LogP contribution in [0.5, 0.6) is 0 Å². The molecule has 1 aromatic rings. The predicted octanol–water partition coefficient (Wildman–Crippen LogP) is 3.52. The molecular formula is C16H25NO. The molecule has 2 heteroatoms. The van der Waals surface area contributed by atoms with Gasteiger partial charge in [-0.2, -0.15) is 0 Å². The summed E-state index contributed by atoms with van der Waals surface area (Å²) in [5.74, 6) is 0. The topological polar surface area (TPSA) is 21.3 Å². The van der Waals surface area contributed by atoms with Crippen molar-refractivity contribution in [1.82, 2.24) is 5.32 Å². The second kappa shape index (κ2) is 5.41. The van der Waals surface area contributed by atoms with Crippen molar-refractivity contribution >= 4 is 0 Å². The third kappa shape index (κ3) is 2.76. The quantitative estimate of drug-likeness (QED) is 0.859. The molecule has 0 heterocycles. The first kappa shape index (κ1) is 13.6. The second-order valence-electron chi connectivity index (χ2n) is 5.70. The van der Waals surface area contributed by atoms with Crippen LogP contribution in [-0.4, -0.2) is 19.3 Å². The summed E-state index contributed by atoms with van der Waals surface area (Å²) in [5, 5.41) is 3.63. The van der Waals surface area contributed by atoms with Crippen LogP contribution in [0, 0.1) is 13.8 Å². The molecule has 0 aromatic heterocycles. The summed E-state index contributed by atoms with van der Waals surface area (Å²) in [5.41, 5.74) is 4.20. The Morgan fingerprint density at radius 3 is 2.56 bits per heavy atom. The normalized spacial score (nSPS) is 19.3. The average Bonchev–Trinajstić information content (AvgIpc) is 2.27. The summed E-state index contributed by atoms with van der Waals surface area (Å²) in [6, 6.07) is 7.07. The molecule has 0 bridgehead atoms. The minimum atomic E-state index is 0.104. The fourth-order valence-electron chi connectivity index (χ4n) is 2.78. The maximum atomic E-state index is 5.65. The Balaban J connectivity index is 1.97. The van der Waals surface area contributed by atoms with Gasteiger partial charge in [0.1, 0.15) is 0 Å². The first-order valence-electron chi connectivity index (χ1n) is 6.92. The van der Waals surface area contributed by atoms with E-state index in [0.29, 0.717) is 6.04 Å². The standard InChI is InChI=1S/C16H25NO/c1-12-6-7-15(13(2)10-12)14(3)17-11-16(18-4)8-5-9-16/h6-7,10,14,17H,5,8-9,11H2,1-4H3. The summed E-state index contributed by atoms with van der Waals surface area (Å²) in [6.07, 6.45) is 3.68. The van der Waals surface area contributed by atoms with Crippen molar-refractivity contribution in [3.8, 4) is 0 Å². The Labute approximate surface area is 111 Å². The van der Waals surface area contributed by atoms with E-state index in [1.54, 1.807) is 0 Å². The van der Waals surface area contributed by atoms with E-state index < -0.39 is 0 Å². The summed E-state index contributed by atoms with van der Waals surface area (Å²) < 4.78 is 5.65. The van der Waals surface area contributed by atoms with Gasteiger partial charge in [0.25, 0.3) is 0 Å². The van der Waals surface area contributed by atoms with Gasteiger partial charge in [-0.05, 0) is 51.2 Å². The molecule has 1 aliphatic carbocycles. The van der Waals surface area contributed by atoms with Gasteiger partial charge in [-0.3, -0.25) is 0 Å². The average molecular weight is 247 g/mol. The molecule has 2 rings (SSSR count). The van der Waals surface area contributed by atoms with Crippen LogP contribution in [0.1, 0.15) is 48.9 Å². The molecule has 1 atom stereocenters. The third-order valence-corrected chi connectivity index (χ3v) is 4.32. The summed E-state index contributed by atoms with van der Waals surface area (Å²) in [7, 11) is 1.84. The zero-order valence-corrected chi connectivity index (χ0v) is 12.0. The summed E-state index contributed by atoms with van der Waals surface area (Å²) in [4.78, 5) is 0. The number of rotatable bonds is 5. The number of nitrogens with one attached hydrogen (secondary N) is 1. The fraction of sp³-hybridized carbons (Fsp3) is 0.625. The smallest absolute Gasteiger partial charge is 0.0802 e. The van der Waals surface area contributed by atoms with Crippen LogP contribution in [0.3, 0.4) is 0 Å². The zero-order valence-electron chi connectivity index (χ0n) is 12.0. The van der Waals surface area contributed by atoms with Crippen molar-refractivity contribution < 1.29 is 4.74 Å². The molecule has 0 aliphatic heterocycles. The van der Waals surface area contributed by atoms with Gasteiger partial charge < -0.3 is 10.1 Å². The van der Waals surface area contributed by atoms with E-state index in [2.05, 4.69) is 44.3 Å². The van der Waals surface area contributed by atoms with Crippen LogP contribution in [0.2, 0.25) is 0 Å². The highest BCUT2D eigenvalue weighted by Crippen LogP contribution is 2.34. The molecule has 0 radical (unpaired) electrons. The summed E-state index contributed by atoms with van der Waals surface area (Å²) >= 11 is 0. The molecule has 100 valence electrons. The van der Waals surface area contributed by atoms with Crippen LogP contribution < -0.4 is 5.32 Å². The second-order valence-corrected chi connectivity index (χ2v) is 5.70. The number of hydrogen-bond donors (Lipinski definition) is 1. The number of hydrogen-bond acceptors (Lipinski definition) is 2. The Bertz CT molecular complexity index is 404. The molecule has 1 aromatic carbocycles. The van der Waals surface area contributed by atoms with Gasteiger partial charge in [0.15, 0.2) is 0 Å². The van der Waals surface area contributed by atoms with Gasteiger partial charge in [-0.25, -0.2) is 0 Å². The van der Waals surface area contributed by atoms with E-state index in [9.17, 15) is 0 Å². The number of methoxy groups -OCH3 is 1. The van der Waals surface area contributed by atoms with Crippen molar-refractivity contribution in [3.63, 3.8) is 0 Å². The molecular weight excluding hydrogens is 222 g/mol. The monoisotopic (exact) mass is 247 g/mol. The van der Waals surface area contributed by atoms with Crippen molar-refractivity contribution in [3.05, 3.63) is 34.9 Å². The van der Waals surface area contributed by atoms with Crippen LogP contribution in [0.15, 0.2) is 18.2 Å². The van der Waals surface area contributed by atoms with Crippen molar-refractivity contribution in [1.29, 1.82) is 0 Å². The van der Waals surface area contributed by atoms with Gasteiger partial charge in [-0.15, -0.1) is 0 Å². The van der Waals surface area contributed by atoms with Crippen molar-refractivity contribution in [2.75, 3.05) is 13.7 Å². The molecule has 1 aliphatic rings. The number of benzene rings is 1. The lowest BCUT2D eigenvalue weighted by Gasteiger charge is -2.41. The lowest BCUT2D eigenvalue weighted by Crippen LogP contribution is -2.48. The Kier molecular flexibility index (Phi) is 4.08. The minimum absolute atomic E-state index is 0.104. The maximum Gasteiger partial charge on any atom is 0.0802 e. The van der Waals surface area contributed by atoms with Crippen molar-refractivity contribution in [2.24, 2.45) is 0 Å². The predicted molar refractivity (Wildman–Crippen MR) is 75.9 cm³/mol. The molecule has 2 nitrogen and oxygen atoms in total. The first-order valence-corrected chi connectivity index (χ1v) is 6.92. The molecule has 1 N–H and O–H groups in total. The van der Waals surface area contributed by atoms with Gasteiger partial charge in [0.05, 0.1) is 5.60 Å². The maximum absolute atomic E-state index is 5.65. The Morgan fingerprint density at radius 1 is 1.33 bits per heavy atom.